The van der Waals surface area contributed by atoms with Crippen LogP contribution in [0.2, 0.25) is 0 Å². The van der Waals surface area contributed by atoms with E-state index in [0.29, 0.717) is 6.42 Å². The topological polar surface area (TPSA) is 41.5 Å². The molecule has 3 nitrogen and oxygen atoms in total. The van der Waals surface area contributed by atoms with Crippen LogP contribution in [0, 0.1) is 3.57 Å². The van der Waals surface area contributed by atoms with Gasteiger partial charge in [-0.15, -0.1) is 0 Å². The van der Waals surface area contributed by atoms with Gasteiger partial charge in [-0.3, -0.25) is 4.79 Å². The molecule has 1 N–H and O–H groups in total. The van der Waals surface area contributed by atoms with E-state index in [1.165, 1.54) is 44.9 Å². The molecule has 0 saturated carbocycles. The number of carbonyl (C=O) groups excluding carboxylic acids is 1. The lowest BCUT2D eigenvalue weighted by Crippen LogP contribution is -2.17. The highest BCUT2D eigenvalue weighted by molar-refractivity contribution is 14.1. The van der Waals surface area contributed by atoms with Crippen LogP contribution in [0.15, 0.2) is 29.4 Å². The second-order valence-electron chi connectivity index (χ2n) is 5.89. The minimum absolute atomic E-state index is 0.00938. The molecule has 23 heavy (non-hydrogen) atoms. The maximum Gasteiger partial charge on any atom is 0.240 e. The van der Waals surface area contributed by atoms with E-state index in [1.807, 2.05) is 24.3 Å². The molecule has 0 unspecified atom stereocenters. The molecule has 1 rings (SSSR count). The first-order valence-electron chi connectivity index (χ1n) is 8.80. The highest BCUT2D eigenvalue weighted by Crippen LogP contribution is 2.10. The van der Waals surface area contributed by atoms with Crippen molar-refractivity contribution in [3.05, 3.63) is 33.4 Å². The largest absolute Gasteiger partial charge is 0.273 e. The summed E-state index contributed by atoms with van der Waals surface area (Å²) in [6, 6.07) is 7.96. The number of unbranched alkanes of at least 4 members (excludes halogenated alkanes) is 8. The van der Waals surface area contributed by atoms with Gasteiger partial charge in [-0.1, -0.05) is 76.5 Å². The third-order valence-corrected chi connectivity index (χ3v) is 4.79. The summed E-state index contributed by atoms with van der Waals surface area (Å²) in [4.78, 5) is 11.7. The van der Waals surface area contributed by atoms with Crippen molar-refractivity contribution in [3.8, 4) is 0 Å². The SMILES string of the molecule is CCCCCCCCCCCC(=O)NN=Cc1ccccc1I. The first-order valence-corrected chi connectivity index (χ1v) is 9.88. The maximum atomic E-state index is 11.7. The molecule has 0 aliphatic carbocycles. The second-order valence-corrected chi connectivity index (χ2v) is 7.06. The first kappa shape index (κ1) is 20.1. The molecule has 0 aromatic heterocycles. The summed E-state index contributed by atoms with van der Waals surface area (Å²) in [5.41, 5.74) is 3.64. The van der Waals surface area contributed by atoms with Gasteiger partial charge in [-0.2, -0.15) is 5.10 Å². The summed E-state index contributed by atoms with van der Waals surface area (Å²) < 4.78 is 1.13. The molecule has 1 aromatic rings. The standard InChI is InChI=1S/C19H29IN2O/c1-2-3-4-5-6-7-8-9-10-15-19(23)22-21-16-17-13-11-12-14-18(17)20/h11-14,16H,2-10,15H2,1H3,(H,22,23). The van der Waals surface area contributed by atoms with Crippen molar-refractivity contribution in [2.45, 2.75) is 71.1 Å². The Morgan fingerprint density at radius 2 is 1.65 bits per heavy atom. The Balaban J connectivity index is 2.01. The zero-order valence-corrected chi connectivity index (χ0v) is 16.3. The Bertz CT molecular complexity index is 474. The average molecular weight is 428 g/mol. The van der Waals surface area contributed by atoms with E-state index in [0.717, 1.165) is 22.0 Å². The monoisotopic (exact) mass is 428 g/mol. The van der Waals surface area contributed by atoms with Crippen LogP contribution in [0.25, 0.3) is 0 Å². The Hall–Kier alpha value is -0.910. The van der Waals surface area contributed by atoms with Crippen molar-refractivity contribution < 1.29 is 4.79 Å². The van der Waals surface area contributed by atoms with Crippen molar-refractivity contribution in [1.82, 2.24) is 5.43 Å². The Morgan fingerprint density at radius 3 is 2.30 bits per heavy atom. The number of benzene rings is 1. The van der Waals surface area contributed by atoms with Gasteiger partial charge in [-0.25, -0.2) is 5.43 Å². The van der Waals surface area contributed by atoms with Gasteiger partial charge in [0.05, 0.1) is 6.21 Å². The van der Waals surface area contributed by atoms with Gasteiger partial charge >= 0.3 is 0 Å². The summed E-state index contributed by atoms with van der Waals surface area (Å²) in [6.07, 6.45) is 13.7. The fraction of sp³-hybridized carbons (Fsp3) is 0.579. The van der Waals surface area contributed by atoms with E-state index < -0.39 is 0 Å². The van der Waals surface area contributed by atoms with Crippen molar-refractivity contribution in [2.24, 2.45) is 5.10 Å². The number of halogens is 1. The van der Waals surface area contributed by atoms with Gasteiger partial charge in [0.15, 0.2) is 0 Å². The van der Waals surface area contributed by atoms with Crippen LogP contribution in [-0.4, -0.2) is 12.1 Å². The summed E-state index contributed by atoms with van der Waals surface area (Å²) in [7, 11) is 0. The van der Waals surface area contributed by atoms with Crippen molar-refractivity contribution in [1.29, 1.82) is 0 Å². The van der Waals surface area contributed by atoms with Crippen LogP contribution < -0.4 is 5.43 Å². The minimum atomic E-state index is 0.00938. The van der Waals surface area contributed by atoms with Crippen LogP contribution in [0.3, 0.4) is 0 Å². The van der Waals surface area contributed by atoms with Gasteiger partial charge in [0.25, 0.3) is 0 Å². The van der Waals surface area contributed by atoms with Crippen LogP contribution in [0.4, 0.5) is 0 Å². The first-order chi connectivity index (χ1) is 11.2. The van der Waals surface area contributed by atoms with E-state index in [4.69, 9.17) is 0 Å². The van der Waals surface area contributed by atoms with Crippen LogP contribution in [0.1, 0.15) is 76.7 Å². The summed E-state index contributed by atoms with van der Waals surface area (Å²) in [5, 5.41) is 4.03. The molecule has 128 valence electrons. The number of amides is 1. The third kappa shape index (κ3) is 10.5. The highest BCUT2D eigenvalue weighted by atomic mass is 127. The lowest BCUT2D eigenvalue weighted by Gasteiger charge is -2.02. The summed E-state index contributed by atoms with van der Waals surface area (Å²) in [6.45, 7) is 2.25. The number of hydrogen-bond acceptors (Lipinski definition) is 2. The van der Waals surface area contributed by atoms with Crippen LogP contribution in [-0.2, 0) is 4.79 Å². The molecule has 0 radical (unpaired) electrons. The molecule has 1 aromatic carbocycles. The Labute approximate surface area is 154 Å². The van der Waals surface area contributed by atoms with E-state index in [2.05, 4.69) is 40.0 Å². The average Bonchev–Trinajstić information content (AvgIpc) is 2.55. The van der Waals surface area contributed by atoms with Gasteiger partial charge in [-0.05, 0) is 35.1 Å². The molecular formula is C19H29IN2O. The normalized spacial score (nSPS) is 11.0. The van der Waals surface area contributed by atoms with Gasteiger partial charge < -0.3 is 0 Å². The molecule has 4 heteroatoms. The van der Waals surface area contributed by atoms with Gasteiger partial charge in [0.1, 0.15) is 0 Å². The number of hydrazone groups is 1. The fourth-order valence-electron chi connectivity index (χ4n) is 2.41. The quantitative estimate of drug-likeness (QED) is 0.198. The molecule has 0 aliphatic heterocycles. The third-order valence-electron chi connectivity index (χ3n) is 3.81. The molecule has 0 saturated heterocycles. The Kier molecular flexibility index (Phi) is 11.8. The number of carbonyl (C=O) groups is 1. The summed E-state index contributed by atoms with van der Waals surface area (Å²) in [5.74, 6) is 0.00938. The van der Waals surface area contributed by atoms with E-state index in [-0.39, 0.29) is 5.91 Å². The summed E-state index contributed by atoms with van der Waals surface area (Å²) >= 11 is 2.26. The van der Waals surface area contributed by atoms with E-state index in [1.54, 1.807) is 6.21 Å². The molecule has 0 aliphatic rings. The van der Waals surface area contributed by atoms with Crippen molar-refractivity contribution in [3.63, 3.8) is 0 Å². The van der Waals surface area contributed by atoms with Crippen molar-refractivity contribution in [2.75, 3.05) is 0 Å². The predicted molar refractivity (Wildman–Crippen MR) is 107 cm³/mol. The van der Waals surface area contributed by atoms with Crippen molar-refractivity contribution >= 4 is 34.7 Å². The smallest absolute Gasteiger partial charge is 0.240 e. The lowest BCUT2D eigenvalue weighted by molar-refractivity contribution is -0.121. The van der Waals surface area contributed by atoms with Crippen LogP contribution in [0.5, 0.6) is 0 Å². The molecule has 0 atom stereocenters. The highest BCUT2D eigenvalue weighted by Gasteiger charge is 2.00. The molecule has 1 amide bonds. The predicted octanol–water partition coefficient (Wildman–Crippen LogP) is 5.66. The van der Waals surface area contributed by atoms with Gasteiger partial charge in [0.2, 0.25) is 5.91 Å². The second kappa shape index (κ2) is 13.5. The number of nitrogens with one attached hydrogen (secondary N) is 1. The molecular weight excluding hydrogens is 399 g/mol. The van der Waals surface area contributed by atoms with E-state index >= 15 is 0 Å². The lowest BCUT2D eigenvalue weighted by atomic mass is 10.1. The molecule has 0 spiro atoms. The number of rotatable bonds is 12. The maximum absolute atomic E-state index is 11.7. The molecule has 0 heterocycles. The zero-order valence-electron chi connectivity index (χ0n) is 14.2. The molecule has 0 bridgehead atoms. The van der Waals surface area contributed by atoms with Gasteiger partial charge in [0, 0.05) is 15.6 Å². The molecule has 0 fully saturated rings. The Morgan fingerprint density at radius 1 is 1.04 bits per heavy atom. The zero-order chi connectivity index (χ0) is 16.8. The number of hydrogen-bond donors (Lipinski definition) is 1. The number of nitrogens with zero attached hydrogens (tertiary/aromatic N) is 1. The van der Waals surface area contributed by atoms with Crippen LogP contribution >= 0.6 is 22.6 Å². The van der Waals surface area contributed by atoms with E-state index in [9.17, 15) is 4.79 Å². The minimum Gasteiger partial charge on any atom is -0.273 e. The fourth-order valence-corrected chi connectivity index (χ4v) is 2.93.